The number of hydrogen-bond donors (Lipinski definition) is 2. The van der Waals surface area contributed by atoms with Crippen LogP contribution in [0.3, 0.4) is 0 Å². The summed E-state index contributed by atoms with van der Waals surface area (Å²) < 4.78 is 5.37. The molecule has 6 nitrogen and oxygen atoms in total. The first kappa shape index (κ1) is 19.0. The molecule has 0 aromatic heterocycles. The first-order valence-electron chi connectivity index (χ1n) is 8.67. The number of para-hydroxylation sites is 1. The summed E-state index contributed by atoms with van der Waals surface area (Å²) in [4.78, 5) is 26.5. The summed E-state index contributed by atoms with van der Waals surface area (Å²) in [6, 6.07) is 14.5. The van der Waals surface area contributed by atoms with E-state index in [0.29, 0.717) is 18.0 Å². The smallest absolute Gasteiger partial charge is 0.247 e. The van der Waals surface area contributed by atoms with Crippen LogP contribution in [0.25, 0.3) is 0 Å². The molecule has 2 amide bonds. The van der Waals surface area contributed by atoms with Gasteiger partial charge in [0.2, 0.25) is 11.8 Å². The molecule has 1 aliphatic heterocycles. The first-order chi connectivity index (χ1) is 13.0. The Morgan fingerprint density at radius 2 is 1.93 bits per heavy atom. The molecule has 0 unspecified atom stereocenters. The van der Waals surface area contributed by atoms with E-state index >= 15 is 0 Å². The third-order valence-electron chi connectivity index (χ3n) is 4.13. The summed E-state index contributed by atoms with van der Waals surface area (Å²) in [6.07, 6.45) is 0.0153. The van der Waals surface area contributed by atoms with Gasteiger partial charge in [0, 0.05) is 12.1 Å². The Kier molecular flexibility index (Phi) is 5.81. The quantitative estimate of drug-likeness (QED) is 0.795. The topological polar surface area (TPSA) is 82.5 Å². The first-order valence-corrected chi connectivity index (χ1v) is 9.55. The number of nitrogens with zero attached hydrogens (tertiary/aromatic N) is 1. The monoisotopic (exact) mass is 383 g/mol. The number of amidine groups is 1. The number of amides is 2. The highest BCUT2D eigenvalue weighted by Gasteiger charge is 2.39. The summed E-state index contributed by atoms with van der Waals surface area (Å²) in [6.45, 7) is 4.38. The fourth-order valence-corrected chi connectivity index (χ4v) is 3.84. The van der Waals surface area contributed by atoms with Gasteiger partial charge in [-0.1, -0.05) is 30.0 Å². The number of nitrogens with one attached hydrogen (secondary N) is 2. The Bertz CT molecular complexity index is 867. The molecule has 7 heteroatoms. The predicted molar refractivity (Wildman–Crippen MR) is 109 cm³/mol. The molecule has 3 rings (SSSR count). The highest BCUT2D eigenvalue weighted by atomic mass is 32.2. The van der Waals surface area contributed by atoms with Crippen LogP contribution in [0.4, 0.5) is 11.4 Å². The molecule has 2 N–H and O–H groups in total. The van der Waals surface area contributed by atoms with Gasteiger partial charge in [0.25, 0.3) is 0 Å². The van der Waals surface area contributed by atoms with E-state index in [0.717, 1.165) is 23.1 Å². The van der Waals surface area contributed by atoms with Gasteiger partial charge in [0.15, 0.2) is 5.17 Å². The zero-order valence-corrected chi connectivity index (χ0v) is 16.0. The predicted octanol–water partition coefficient (Wildman–Crippen LogP) is 3.81. The normalized spacial score (nSPS) is 16.5. The van der Waals surface area contributed by atoms with Crippen LogP contribution in [-0.2, 0) is 9.59 Å². The Hall–Kier alpha value is -2.80. The third kappa shape index (κ3) is 4.31. The van der Waals surface area contributed by atoms with Crippen LogP contribution < -0.4 is 15.0 Å². The SMILES string of the molecule is CCOc1ccc(NC(=O)C[C@@H]2SC(=N)N(c3ccccc3C)C2=O)cc1. The third-order valence-corrected chi connectivity index (χ3v) is 5.19. The van der Waals surface area contributed by atoms with Crippen LogP contribution in [0.2, 0.25) is 0 Å². The molecule has 140 valence electrons. The highest BCUT2D eigenvalue weighted by Crippen LogP contribution is 2.34. The van der Waals surface area contributed by atoms with E-state index in [9.17, 15) is 9.59 Å². The standard InChI is InChI=1S/C20H21N3O3S/c1-3-26-15-10-8-14(9-11-15)22-18(24)12-17-19(25)23(20(21)27-17)16-7-5-4-6-13(16)2/h4-11,17,21H,3,12H2,1-2H3,(H,22,24)/t17-/m0/s1. The fourth-order valence-electron chi connectivity index (χ4n) is 2.83. The molecule has 1 saturated heterocycles. The number of ether oxygens (including phenoxy) is 1. The van der Waals surface area contributed by atoms with Gasteiger partial charge in [-0.05, 0) is 49.7 Å². The van der Waals surface area contributed by atoms with E-state index in [1.165, 1.54) is 4.90 Å². The number of rotatable bonds is 6. The van der Waals surface area contributed by atoms with E-state index in [1.54, 1.807) is 24.3 Å². The molecule has 2 aromatic rings. The van der Waals surface area contributed by atoms with Crippen molar-refractivity contribution < 1.29 is 14.3 Å². The lowest BCUT2D eigenvalue weighted by Gasteiger charge is -2.17. The van der Waals surface area contributed by atoms with E-state index in [2.05, 4.69) is 5.32 Å². The second kappa shape index (κ2) is 8.26. The summed E-state index contributed by atoms with van der Waals surface area (Å²) in [5.74, 6) is 0.241. The van der Waals surface area contributed by atoms with Crippen LogP contribution in [0.15, 0.2) is 48.5 Å². The molecule has 0 radical (unpaired) electrons. The van der Waals surface area contributed by atoms with Gasteiger partial charge >= 0.3 is 0 Å². The summed E-state index contributed by atoms with van der Waals surface area (Å²) in [5, 5.41) is 10.5. The average molecular weight is 383 g/mol. The van der Waals surface area contributed by atoms with Crippen molar-refractivity contribution in [2.45, 2.75) is 25.5 Å². The maximum Gasteiger partial charge on any atom is 0.247 e. The Morgan fingerprint density at radius 1 is 1.22 bits per heavy atom. The second-order valence-corrected chi connectivity index (χ2v) is 7.27. The maximum atomic E-state index is 12.7. The average Bonchev–Trinajstić information content (AvgIpc) is 2.91. The number of carbonyl (C=O) groups excluding carboxylic acids is 2. The molecule has 1 heterocycles. The fraction of sp³-hybridized carbons (Fsp3) is 0.250. The minimum absolute atomic E-state index is 0.0153. The van der Waals surface area contributed by atoms with Crippen LogP contribution in [0, 0.1) is 12.3 Å². The Balaban J connectivity index is 1.64. The molecule has 1 aliphatic rings. The lowest BCUT2D eigenvalue weighted by molar-refractivity contribution is -0.121. The van der Waals surface area contributed by atoms with Crippen LogP contribution >= 0.6 is 11.8 Å². The lowest BCUT2D eigenvalue weighted by Crippen LogP contribution is -2.33. The maximum absolute atomic E-state index is 12.7. The van der Waals surface area contributed by atoms with Crippen LogP contribution in [0.5, 0.6) is 5.75 Å². The van der Waals surface area contributed by atoms with Crippen molar-refractivity contribution in [3.05, 3.63) is 54.1 Å². The van der Waals surface area contributed by atoms with Crippen molar-refractivity contribution in [3.8, 4) is 5.75 Å². The second-order valence-electron chi connectivity index (χ2n) is 6.08. The van der Waals surface area contributed by atoms with E-state index in [-0.39, 0.29) is 23.4 Å². The van der Waals surface area contributed by atoms with Gasteiger partial charge in [-0.3, -0.25) is 19.9 Å². The lowest BCUT2D eigenvalue weighted by atomic mass is 10.1. The van der Waals surface area contributed by atoms with Gasteiger partial charge in [-0.2, -0.15) is 0 Å². The van der Waals surface area contributed by atoms with Crippen molar-refractivity contribution in [1.82, 2.24) is 0 Å². The van der Waals surface area contributed by atoms with Crippen molar-refractivity contribution in [3.63, 3.8) is 0 Å². The summed E-state index contributed by atoms with van der Waals surface area (Å²) >= 11 is 1.11. The molecule has 27 heavy (non-hydrogen) atoms. The molecule has 1 fully saturated rings. The van der Waals surface area contributed by atoms with E-state index < -0.39 is 5.25 Å². The van der Waals surface area contributed by atoms with Gasteiger partial charge in [0.1, 0.15) is 11.0 Å². The van der Waals surface area contributed by atoms with Gasteiger partial charge in [-0.25, -0.2) is 0 Å². The van der Waals surface area contributed by atoms with Gasteiger partial charge in [-0.15, -0.1) is 0 Å². The molecule has 0 spiro atoms. The molecule has 0 saturated carbocycles. The van der Waals surface area contributed by atoms with Crippen molar-refractivity contribution in [1.29, 1.82) is 5.41 Å². The summed E-state index contributed by atoms with van der Waals surface area (Å²) in [5.41, 5.74) is 2.25. The Morgan fingerprint density at radius 3 is 2.59 bits per heavy atom. The van der Waals surface area contributed by atoms with Crippen molar-refractivity contribution in [2.75, 3.05) is 16.8 Å². The minimum atomic E-state index is -0.597. The Labute approximate surface area is 162 Å². The highest BCUT2D eigenvalue weighted by molar-refractivity contribution is 8.16. The largest absolute Gasteiger partial charge is 0.494 e. The molecule has 0 aliphatic carbocycles. The number of hydrogen-bond acceptors (Lipinski definition) is 5. The minimum Gasteiger partial charge on any atom is -0.494 e. The van der Waals surface area contributed by atoms with Crippen molar-refractivity contribution in [2.24, 2.45) is 0 Å². The number of anilines is 2. The van der Waals surface area contributed by atoms with Gasteiger partial charge < -0.3 is 10.1 Å². The molecule has 1 atom stereocenters. The van der Waals surface area contributed by atoms with Crippen molar-refractivity contribution >= 4 is 40.1 Å². The zero-order chi connectivity index (χ0) is 19.4. The molecular weight excluding hydrogens is 362 g/mol. The molecular formula is C20H21N3O3S. The van der Waals surface area contributed by atoms with Crippen LogP contribution in [0.1, 0.15) is 18.9 Å². The number of carbonyl (C=O) groups is 2. The number of thioether (sulfide) groups is 1. The van der Waals surface area contributed by atoms with Gasteiger partial charge in [0.05, 0.1) is 12.3 Å². The van der Waals surface area contributed by atoms with E-state index in [1.807, 2.05) is 38.1 Å². The summed E-state index contributed by atoms with van der Waals surface area (Å²) in [7, 11) is 0. The van der Waals surface area contributed by atoms with Crippen LogP contribution in [-0.4, -0.2) is 28.8 Å². The number of benzene rings is 2. The zero-order valence-electron chi connectivity index (χ0n) is 15.2. The van der Waals surface area contributed by atoms with E-state index in [4.69, 9.17) is 10.1 Å². The number of aryl methyl sites for hydroxylation is 1. The molecule has 0 bridgehead atoms. The molecule has 2 aromatic carbocycles.